The lowest BCUT2D eigenvalue weighted by Gasteiger charge is -2.10. The minimum absolute atomic E-state index is 0.110. The molecule has 0 bridgehead atoms. The number of ether oxygens (including phenoxy) is 1. The molecule has 0 saturated carbocycles. The minimum Gasteiger partial charge on any atom is -0.462 e. The van der Waals surface area contributed by atoms with Crippen molar-refractivity contribution in [2.45, 2.75) is 25.4 Å². The van der Waals surface area contributed by atoms with Crippen LogP contribution < -0.4 is 5.32 Å². The molecule has 2 heterocycles. The highest BCUT2D eigenvalue weighted by atomic mass is 32.2. The van der Waals surface area contributed by atoms with Gasteiger partial charge in [0.2, 0.25) is 5.91 Å². The van der Waals surface area contributed by atoms with Gasteiger partial charge < -0.3 is 10.1 Å². The maximum atomic E-state index is 12.4. The van der Waals surface area contributed by atoms with E-state index >= 15 is 0 Å². The number of hydrogen-bond acceptors (Lipinski definition) is 6. The summed E-state index contributed by atoms with van der Waals surface area (Å²) >= 11 is 1.19. The fourth-order valence-corrected chi connectivity index (χ4v) is 3.51. The Morgan fingerprint density at radius 2 is 2.03 bits per heavy atom. The zero-order valence-corrected chi connectivity index (χ0v) is 17.1. The molecule has 0 saturated heterocycles. The third-order valence-electron chi connectivity index (χ3n) is 4.01. The molecular weight excluding hydrogens is 388 g/mol. The average molecular weight is 410 g/mol. The molecule has 0 fully saturated rings. The van der Waals surface area contributed by atoms with E-state index in [-0.39, 0.29) is 18.3 Å². The molecule has 0 aliphatic rings. The molecule has 3 rings (SSSR count). The molecule has 0 aliphatic carbocycles. The van der Waals surface area contributed by atoms with Crippen LogP contribution in [0.1, 0.15) is 28.4 Å². The van der Waals surface area contributed by atoms with E-state index in [0.29, 0.717) is 23.0 Å². The largest absolute Gasteiger partial charge is 0.462 e. The highest BCUT2D eigenvalue weighted by Crippen LogP contribution is 2.21. The Labute approximate surface area is 173 Å². The molecule has 0 radical (unpaired) electrons. The van der Waals surface area contributed by atoms with E-state index in [1.807, 2.05) is 25.1 Å². The van der Waals surface area contributed by atoms with E-state index in [2.05, 4.69) is 21.5 Å². The fourth-order valence-electron chi connectivity index (χ4n) is 2.73. The summed E-state index contributed by atoms with van der Waals surface area (Å²) < 4.78 is 6.78. The van der Waals surface area contributed by atoms with Gasteiger partial charge in [-0.1, -0.05) is 41.6 Å². The number of carbonyl (C=O) groups excluding carboxylic acids is 2. The van der Waals surface area contributed by atoms with Crippen LogP contribution in [0.25, 0.3) is 0 Å². The number of nitrogens with one attached hydrogen (secondary N) is 1. The summed E-state index contributed by atoms with van der Waals surface area (Å²) in [7, 11) is 0. The predicted octanol–water partition coefficient (Wildman–Crippen LogP) is 3.54. The lowest BCUT2D eigenvalue weighted by atomic mass is 10.1. The first-order valence-electron chi connectivity index (χ1n) is 9.19. The van der Waals surface area contributed by atoms with Crippen molar-refractivity contribution in [3.05, 3.63) is 71.5 Å². The molecule has 0 atom stereocenters. The molecule has 0 spiro atoms. The molecule has 7 nitrogen and oxygen atoms in total. The Hall–Kier alpha value is -3.13. The Bertz CT molecular complexity index is 1000. The first kappa shape index (κ1) is 20.6. The molecule has 1 aromatic carbocycles. The number of amides is 1. The van der Waals surface area contributed by atoms with Crippen molar-refractivity contribution in [2.75, 3.05) is 17.7 Å². The van der Waals surface area contributed by atoms with Gasteiger partial charge in [-0.05, 0) is 31.5 Å². The van der Waals surface area contributed by atoms with Crippen LogP contribution in [0.2, 0.25) is 0 Å². The van der Waals surface area contributed by atoms with Gasteiger partial charge in [0, 0.05) is 12.3 Å². The van der Waals surface area contributed by atoms with E-state index in [1.54, 1.807) is 42.2 Å². The second-order valence-corrected chi connectivity index (χ2v) is 7.24. The summed E-state index contributed by atoms with van der Waals surface area (Å²) in [4.78, 5) is 28.7. The van der Waals surface area contributed by atoms with Gasteiger partial charge in [0.25, 0.3) is 0 Å². The van der Waals surface area contributed by atoms with E-state index in [1.165, 1.54) is 17.3 Å². The second-order valence-electron chi connectivity index (χ2n) is 6.28. The van der Waals surface area contributed by atoms with Crippen LogP contribution in [0, 0.1) is 6.92 Å². The van der Waals surface area contributed by atoms with Crippen LogP contribution in [0.5, 0.6) is 0 Å². The van der Waals surface area contributed by atoms with E-state index in [0.717, 1.165) is 5.56 Å². The average Bonchev–Trinajstić information content (AvgIpc) is 3.13. The second kappa shape index (κ2) is 9.88. The number of nitrogens with zero attached hydrogens (tertiary/aromatic N) is 3. The van der Waals surface area contributed by atoms with Crippen molar-refractivity contribution in [1.29, 1.82) is 0 Å². The first-order chi connectivity index (χ1) is 14.1. The third kappa shape index (κ3) is 5.68. The summed E-state index contributed by atoms with van der Waals surface area (Å²) in [5.41, 5.74) is 2.63. The molecule has 150 valence electrons. The maximum Gasteiger partial charge on any atom is 0.340 e. The van der Waals surface area contributed by atoms with Crippen LogP contribution in [0.4, 0.5) is 5.82 Å². The van der Waals surface area contributed by atoms with Gasteiger partial charge in [-0.25, -0.2) is 14.5 Å². The van der Waals surface area contributed by atoms with Crippen LogP contribution in [0.15, 0.2) is 59.9 Å². The van der Waals surface area contributed by atoms with Crippen molar-refractivity contribution in [1.82, 2.24) is 14.8 Å². The van der Waals surface area contributed by atoms with Gasteiger partial charge >= 0.3 is 5.97 Å². The number of rotatable bonds is 8. The maximum absolute atomic E-state index is 12.4. The summed E-state index contributed by atoms with van der Waals surface area (Å²) in [6.45, 7) is 4.62. The molecule has 1 N–H and O–H groups in total. The highest BCUT2D eigenvalue weighted by Gasteiger charge is 2.15. The van der Waals surface area contributed by atoms with Gasteiger partial charge in [-0.15, -0.1) is 0 Å². The number of anilines is 1. The van der Waals surface area contributed by atoms with Crippen LogP contribution in [0.3, 0.4) is 0 Å². The van der Waals surface area contributed by atoms with Gasteiger partial charge in [-0.3, -0.25) is 4.79 Å². The summed E-state index contributed by atoms with van der Waals surface area (Å²) in [6, 6.07) is 13.2. The predicted molar refractivity (Wildman–Crippen MR) is 112 cm³/mol. The summed E-state index contributed by atoms with van der Waals surface area (Å²) in [5, 5.41) is 7.63. The number of aryl methyl sites for hydroxylation is 1. The first-order valence-corrected chi connectivity index (χ1v) is 10.2. The van der Waals surface area contributed by atoms with Crippen molar-refractivity contribution in [3.8, 4) is 0 Å². The van der Waals surface area contributed by atoms with Crippen molar-refractivity contribution < 1.29 is 14.3 Å². The zero-order chi connectivity index (χ0) is 20.6. The molecule has 2 aromatic heterocycles. The number of carbonyl (C=O) groups is 2. The lowest BCUT2D eigenvalue weighted by molar-refractivity contribution is -0.113. The fraction of sp³-hybridized carbons (Fsp3) is 0.238. The van der Waals surface area contributed by atoms with Gasteiger partial charge in [-0.2, -0.15) is 5.10 Å². The molecule has 29 heavy (non-hydrogen) atoms. The number of hydrogen-bond donors (Lipinski definition) is 1. The number of thioether (sulfide) groups is 1. The van der Waals surface area contributed by atoms with Gasteiger partial charge in [0.1, 0.15) is 10.8 Å². The Kier molecular flexibility index (Phi) is 7.02. The number of esters is 1. The van der Waals surface area contributed by atoms with Gasteiger partial charge in [0.05, 0.1) is 30.7 Å². The van der Waals surface area contributed by atoms with Crippen LogP contribution in [-0.4, -0.2) is 39.0 Å². The van der Waals surface area contributed by atoms with E-state index in [4.69, 9.17) is 4.74 Å². The monoisotopic (exact) mass is 410 g/mol. The zero-order valence-electron chi connectivity index (χ0n) is 16.3. The van der Waals surface area contributed by atoms with Crippen molar-refractivity contribution in [3.63, 3.8) is 0 Å². The summed E-state index contributed by atoms with van der Waals surface area (Å²) in [5.74, 6) is 0.0731. The standard InChI is InChI=1S/C21H22N4O3S/c1-3-28-21(27)17-8-5-10-22-20(17)29-14-19(26)24-18-9-11-23-25(18)13-16-7-4-6-15(2)12-16/h4-12H,3,13-14H2,1-2H3,(H,24,26). The number of aromatic nitrogens is 3. The molecule has 0 unspecified atom stereocenters. The van der Waals surface area contributed by atoms with Crippen LogP contribution >= 0.6 is 11.8 Å². The number of benzene rings is 1. The van der Waals surface area contributed by atoms with Crippen LogP contribution in [-0.2, 0) is 16.1 Å². The molecule has 8 heteroatoms. The van der Waals surface area contributed by atoms with E-state index in [9.17, 15) is 9.59 Å². The molecular formula is C21H22N4O3S. The quantitative estimate of drug-likeness (QED) is 0.452. The number of pyridine rings is 1. The molecule has 0 aliphatic heterocycles. The van der Waals surface area contributed by atoms with Crippen molar-refractivity contribution in [2.24, 2.45) is 0 Å². The smallest absolute Gasteiger partial charge is 0.340 e. The minimum atomic E-state index is -0.445. The van der Waals surface area contributed by atoms with Crippen molar-refractivity contribution >= 4 is 29.5 Å². The molecule has 3 aromatic rings. The lowest BCUT2D eigenvalue weighted by Crippen LogP contribution is -2.18. The van der Waals surface area contributed by atoms with Gasteiger partial charge in [0.15, 0.2) is 0 Å². The summed E-state index contributed by atoms with van der Waals surface area (Å²) in [6.07, 6.45) is 3.23. The third-order valence-corrected chi connectivity index (χ3v) is 5.01. The van der Waals surface area contributed by atoms with E-state index < -0.39 is 5.97 Å². The topological polar surface area (TPSA) is 86.1 Å². The SMILES string of the molecule is CCOC(=O)c1cccnc1SCC(=O)Nc1ccnn1Cc1cccc(C)c1. The normalized spacial score (nSPS) is 10.6. The Morgan fingerprint density at radius 1 is 1.17 bits per heavy atom. The molecule has 1 amide bonds. The Balaban J connectivity index is 1.61. The highest BCUT2D eigenvalue weighted by molar-refractivity contribution is 8.00. The Morgan fingerprint density at radius 3 is 2.83 bits per heavy atom.